The van der Waals surface area contributed by atoms with E-state index in [-0.39, 0.29) is 36.5 Å². The van der Waals surface area contributed by atoms with Crippen LogP contribution in [0.15, 0.2) is 11.0 Å². The fraction of sp³-hybridized carbons (Fsp3) is 0.714. The van der Waals surface area contributed by atoms with Crippen LogP contribution in [0.3, 0.4) is 0 Å². The number of ether oxygens (including phenoxy) is 1. The maximum atomic E-state index is 12.4. The van der Waals surface area contributed by atoms with Crippen molar-refractivity contribution in [1.82, 2.24) is 15.2 Å². The molecule has 0 unspecified atom stereocenters. The van der Waals surface area contributed by atoms with Crippen molar-refractivity contribution in [1.29, 1.82) is 0 Å². The van der Waals surface area contributed by atoms with Gasteiger partial charge in [0.05, 0.1) is 10.5 Å². The molecule has 1 heterocycles. The first kappa shape index (κ1) is 26.2. The summed E-state index contributed by atoms with van der Waals surface area (Å²) in [5.41, 5.74) is -0.901. The summed E-state index contributed by atoms with van der Waals surface area (Å²) in [7, 11) is 1.61. The van der Waals surface area contributed by atoms with Crippen LogP contribution in [-0.4, -0.2) is 57.1 Å². The van der Waals surface area contributed by atoms with Crippen molar-refractivity contribution >= 4 is 23.6 Å². The molecule has 4 N–H and O–H groups in total. The maximum Gasteiger partial charge on any atom is 0.222 e. The Morgan fingerprint density at radius 3 is 2.40 bits per heavy atom. The van der Waals surface area contributed by atoms with Gasteiger partial charge in [0.1, 0.15) is 0 Å². The molecule has 172 valence electrons. The van der Waals surface area contributed by atoms with Crippen molar-refractivity contribution < 1.29 is 24.5 Å². The van der Waals surface area contributed by atoms with E-state index < -0.39 is 11.1 Å². The minimum absolute atomic E-state index is 0.0144. The lowest BCUT2D eigenvalue weighted by Gasteiger charge is -2.30. The first-order valence-electron chi connectivity index (χ1n) is 10.3. The topological polar surface area (TPSA) is 113 Å². The first-order chi connectivity index (χ1) is 13.9. The number of amides is 2. The second-order valence-electron chi connectivity index (χ2n) is 8.49. The molecule has 0 atom stereocenters. The number of carbonyl (C=O) groups excluding carboxylic acids is 2. The normalized spacial score (nSPS) is 12.1. The Morgan fingerprint density at radius 2 is 1.80 bits per heavy atom. The summed E-state index contributed by atoms with van der Waals surface area (Å²) in [6.07, 6.45) is 1.76. The zero-order chi connectivity index (χ0) is 22.9. The molecule has 0 radical (unpaired) electrons. The van der Waals surface area contributed by atoms with Gasteiger partial charge in [0, 0.05) is 44.6 Å². The quantitative estimate of drug-likeness (QED) is 0.349. The van der Waals surface area contributed by atoms with Gasteiger partial charge in [0.25, 0.3) is 0 Å². The van der Waals surface area contributed by atoms with E-state index in [4.69, 9.17) is 4.74 Å². The number of thioether (sulfide) groups is 1. The zero-order valence-corrected chi connectivity index (χ0v) is 19.8. The summed E-state index contributed by atoms with van der Waals surface area (Å²) >= 11 is 1.43. The van der Waals surface area contributed by atoms with Gasteiger partial charge in [-0.15, -0.1) is 11.8 Å². The van der Waals surface area contributed by atoms with Gasteiger partial charge < -0.3 is 25.6 Å². The lowest BCUT2D eigenvalue weighted by atomic mass is 9.99. The van der Waals surface area contributed by atoms with E-state index in [1.54, 1.807) is 7.05 Å². The number of rotatable bonds is 13. The average Bonchev–Trinajstić information content (AvgIpc) is 2.90. The highest BCUT2D eigenvalue weighted by Crippen LogP contribution is 2.35. The number of hydrogen-bond donors (Lipinski definition) is 4. The predicted octanol–water partition coefficient (Wildman–Crippen LogP) is 3.01. The molecule has 1 aromatic rings. The SMILES string of the molecule is CCSc1cc(O)n(CCC(=O)NC(C)(C)CCOC(C)(C)CCC(=O)NC)c1O. The number of carbonyl (C=O) groups is 2. The Kier molecular flexibility index (Phi) is 10.0. The van der Waals surface area contributed by atoms with Crippen LogP contribution in [0.2, 0.25) is 0 Å². The molecule has 0 aromatic carbocycles. The molecule has 9 heteroatoms. The lowest BCUT2D eigenvalue weighted by molar-refractivity contribution is -0.124. The van der Waals surface area contributed by atoms with Gasteiger partial charge in [-0.3, -0.25) is 14.2 Å². The van der Waals surface area contributed by atoms with Crippen molar-refractivity contribution in [2.75, 3.05) is 19.4 Å². The number of nitrogens with one attached hydrogen (secondary N) is 2. The fourth-order valence-electron chi connectivity index (χ4n) is 2.89. The number of aromatic nitrogens is 1. The number of nitrogens with zero attached hydrogens (tertiary/aromatic N) is 1. The van der Waals surface area contributed by atoms with Gasteiger partial charge in [-0.05, 0) is 46.3 Å². The average molecular weight is 444 g/mol. The summed E-state index contributed by atoms with van der Waals surface area (Å²) < 4.78 is 7.26. The Hall–Kier alpha value is -1.87. The zero-order valence-electron chi connectivity index (χ0n) is 19.0. The van der Waals surface area contributed by atoms with E-state index in [1.807, 2.05) is 34.6 Å². The summed E-state index contributed by atoms with van der Waals surface area (Å²) in [5.74, 6) is 0.522. The van der Waals surface area contributed by atoms with Gasteiger partial charge in [0.15, 0.2) is 5.88 Å². The monoisotopic (exact) mass is 443 g/mol. The van der Waals surface area contributed by atoms with Crippen LogP contribution in [0.25, 0.3) is 0 Å². The van der Waals surface area contributed by atoms with E-state index in [0.29, 0.717) is 30.8 Å². The molecule has 0 spiro atoms. The maximum absolute atomic E-state index is 12.4. The third-order valence-corrected chi connectivity index (χ3v) is 5.71. The molecule has 30 heavy (non-hydrogen) atoms. The smallest absolute Gasteiger partial charge is 0.222 e. The third kappa shape index (κ3) is 8.87. The molecule has 0 saturated carbocycles. The van der Waals surface area contributed by atoms with Crippen LogP contribution < -0.4 is 10.6 Å². The fourth-order valence-corrected chi connectivity index (χ4v) is 3.63. The highest BCUT2D eigenvalue weighted by molar-refractivity contribution is 7.99. The van der Waals surface area contributed by atoms with Crippen LogP contribution in [0.4, 0.5) is 0 Å². The molecule has 2 amide bonds. The van der Waals surface area contributed by atoms with Crippen LogP contribution in [-0.2, 0) is 20.9 Å². The van der Waals surface area contributed by atoms with E-state index in [1.165, 1.54) is 22.4 Å². The second-order valence-corrected chi connectivity index (χ2v) is 9.79. The largest absolute Gasteiger partial charge is 0.494 e. The van der Waals surface area contributed by atoms with Crippen molar-refractivity contribution in [3.63, 3.8) is 0 Å². The van der Waals surface area contributed by atoms with Crippen LogP contribution in [0.5, 0.6) is 11.8 Å². The van der Waals surface area contributed by atoms with E-state index in [9.17, 15) is 19.8 Å². The molecule has 0 bridgehead atoms. The first-order valence-corrected chi connectivity index (χ1v) is 11.3. The summed E-state index contributed by atoms with van der Waals surface area (Å²) in [5, 5.41) is 25.7. The standard InChI is InChI=1S/C21H37N3O5S/c1-7-30-15-14-18(27)24(19(15)28)12-9-17(26)23-20(2,3)11-13-29-21(4,5)10-8-16(25)22-6/h14,27-28H,7-13H2,1-6H3,(H,22,25)(H,23,26). The summed E-state index contributed by atoms with van der Waals surface area (Å²) in [4.78, 5) is 24.4. The van der Waals surface area contributed by atoms with Gasteiger partial charge in [-0.1, -0.05) is 6.92 Å². The van der Waals surface area contributed by atoms with E-state index in [0.717, 1.165) is 5.75 Å². The van der Waals surface area contributed by atoms with Gasteiger partial charge >= 0.3 is 0 Å². The van der Waals surface area contributed by atoms with Gasteiger partial charge in [-0.25, -0.2) is 0 Å². The Balaban J connectivity index is 2.46. The second kappa shape index (κ2) is 11.5. The minimum atomic E-state index is -0.474. The van der Waals surface area contributed by atoms with Crippen molar-refractivity contribution in [2.45, 2.75) is 82.9 Å². The molecule has 0 aliphatic carbocycles. The van der Waals surface area contributed by atoms with Crippen molar-refractivity contribution in [3.05, 3.63) is 6.07 Å². The van der Waals surface area contributed by atoms with Crippen LogP contribution in [0.1, 0.15) is 60.3 Å². The molecule has 0 aliphatic heterocycles. The highest BCUT2D eigenvalue weighted by atomic mass is 32.2. The van der Waals surface area contributed by atoms with Crippen LogP contribution in [0, 0.1) is 0 Å². The molecular formula is C21H37N3O5S. The third-order valence-electron chi connectivity index (χ3n) is 4.81. The number of aromatic hydroxyl groups is 2. The number of hydrogen-bond acceptors (Lipinski definition) is 6. The Morgan fingerprint density at radius 1 is 1.13 bits per heavy atom. The molecule has 0 aliphatic rings. The molecule has 0 saturated heterocycles. The minimum Gasteiger partial charge on any atom is -0.494 e. The lowest BCUT2D eigenvalue weighted by Crippen LogP contribution is -2.45. The Bertz CT molecular complexity index is 716. The van der Waals surface area contributed by atoms with E-state index in [2.05, 4.69) is 10.6 Å². The van der Waals surface area contributed by atoms with Crippen molar-refractivity contribution in [3.8, 4) is 11.8 Å². The molecule has 0 fully saturated rings. The Labute approximate surface area is 183 Å². The van der Waals surface area contributed by atoms with Gasteiger partial charge in [-0.2, -0.15) is 0 Å². The summed E-state index contributed by atoms with van der Waals surface area (Å²) in [6, 6.07) is 1.51. The molecule has 1 rings (SSSR count). The van der Waals surface area contributed by atoms with Crippen molar-refractivity contribution in [2.24, 2.45) is 0 Å². The van der Waals surface area contributed by atoms with Gasteiger partial charge in [0.2, 0.25) is 17.7 Å². The molecule has 1 aromatic heterocycles. The van der Waals surface area contributed by atoms with E-state index >= 15 is 0 Å². The van der Waals surface area contributed by atoms with Crippen LogP contribution >= 0.6 is 11.8 Å². The highest BCUT2D eigenvalue weighted by Gasteiger charge is 2.24. The predicted molar refractivity (Wildman–Crippen MR) is 119 cm³/mol. The summed E-state index contributed by atoms with van der Waals surface area (Å²) in [6.45, 7) is 10.3. The molecular weight excluding hydrogens is 406 g/mol. The molecule has 8 nitrogen and oxygen atoms in total.